The zero-order valence-corrected chi connectivity index (χ0v) is 10.5. The molecule has 1 rings (SSSR count). The smallest absolute Gasteiger partial charge is 0.303 e. The zero-order valence-electron chi connectivity index (χ0n) is 9.74. The maximum Gasteiger partial charge on any atom is 0.303 e. The molecule has 0 spiro atoms. The van der Waals surface area contributed by atoms with Crippen LogP contribution in [0.2, 0.25) is 5.02 Å². The lowest BCUT2D eigenvalue weighted by Gasteiger charge is -2.12. The molecule has 17 heavy (non-hydrogen) atoms. The Labute approximate surface area is 104 Å². The number of carboxylic acids is 1. The van der Waals surface area contributed by atoms with Gasteiger partial charge in [-0.1, -0.05) is 11.6 Å². The molecule has 0 aliphatic carbocycles. The molecule has 1 aromatic heterocycles. The third kappa shape index (κ3) is 4.11. The number of aliphatic carboxylic acids is 1. The van der Waals surface area contributed by atoms with E-state index in [0.717, 1.165) is 0 Å². The van der Waals surface area contributed by atoms with E-state index >= 15 is 0 Å². The average Bonchev–Trinajstić information content (AvgIpc) is 2.55. The van der Waals surface area contributed by atoms with Crippen LogP contribution < -0.4 is 5.32 Å². The number of hydrogen-bond donors (Lipinski definition) is 2. The average molecular weight is 259 g/mol. The fourth-order valence-electron chi connectivity index (χ4n) is 1.46. The summed E-state index contributed by atoms with van der Waals surface area (Å²) in [7, 11) is 1.72. The summed E-state index contributed by atoms with van der Waals surface area (Å²) in [6, 6.07) is 1.38. The molecule has 5 nitrogen and oxygen atoms in total. The van der Waals surface area contributed by atoms with Crippen LogP contribution in [0.25, 0.3) is 0 Å². The number of rotatable bonds is 5. The van der Waals surface area contributed by atoms with E-state index in [2.05, 4.69) is 5.32 Å². The number of halogens is 1. The molecule has 0 fully saturated rings. The predicted octanol–water partition coefficient (Wildman–Crippen LogP) is 1.66. The standard InChI is InChI=1S/C11H15ClN2O3/c1-7(3-4-10(15)16)13-11(17)9-5-8(12)6-14(9)2/h5-7H,3-4H2,1-2H3,(H,13,17)(H,15,16). The molecular formula is C11H15ClN2O3. The Morgan fingerprint density at radius 1 is 1.59 bits per heavy atom. The van der Waals surface area contributed by atoms with Gasteiger partial charge in [-0.05, 0) is 19.4 Å². The number of carbonyl (C=O) groups excluding carboxylic acids is 1. The second-order valence-electron chi connectivity index (χ2n) is 3.96. The predicted molar refractivity (Wildman–Crippen MR) is 64.2 cm³/mol. The third-order valence-corrected chi connectivity index (χ3v) is 2.58. The number of aromatic nitrogens is 1. The van der Waals surface area contributed by atoms with Crippen LogP contribution in [0.15, 0.2) is 12.3 Å². The van der Waals surface area contributed by atoms with Crippen molar-refractivity contribution in [2.45, 2.75) is 25.8 Å². The highest BCUT2D eigenvalue weighted by molar-refractivity contribution is 6.31. The molecule has 0 aromatic carbocycles. The Bertz CT molecular complexity index is 428. The summed E-state index contributed by atoms with van der Waals surface area (Å²) in [5.41, 5.74) is 0.456. The molecule has 0 saturated heterocycles. The van der Waals surface area contributed by atoms with E-state index < -0.39 is 5.97 Å². The van der Waals surface area contributed by atoms with Crippen LogP contribution in [0.3, 0.4) is 0 Å². The summed E-state index contributed by atoms with van der Waals surface area (Å²) in [5.74, 6) is -1.12. The first-order valence-corrected chi connectivity index (χ1v) is 5.62. The van der Waals surface area contributed by atoms with Crippen LogP contribution in [0.4, 0.5) is 0 Å². The van der Waals surface area contributed by atoms with Crippen LogP contribution in [0, 0.1) is 0 Å². The second kappa shape index (κ2) is 5.72. The van der Waals surface area contributed by atoms with Crippen molar-refractivity contribution in [3.05, 3.63) is 23.0 Å². The van der Waals surface area contributed by atoms with Crippen molar-refractivity contribution in [1.82, 2.24) is 9.88 Å². The second-order valence-corrected chi connectivity index (χ2v) is 4.40. The van der Waals surface area contributed by atoms with Crippen LogP contribution in [-0.2, 0) is 11.8 Å². The van der Waals surface area contributed by atoms with Gasteiger partial charge in [-0.2, -0.15) is 0 Å². The molecule has 0 saturated carbocycles. The van der Waals surface area contributed by atoms with Crippen molar-refractivity contribution < 1.29 is 14.7 Å². The summed E-state index contributed by atoms with van der Waals surface area (Å²) in [6.45, 7) is 1.77. The number of carboxylic acid groups (broad SMARTS) is 1. The van der Waals surface area contributed by atoms with Gasteiger partial charge in [0.2, 0.25) is 0 Å². The molecule has 0 aliphatic heterocycles. The van der Waals surface area contributed by atoms with E-state index in [1.165, 1.54) is 0 Å². The summed E-state index contributed by atoms with van der Waals surface area (Å²) < 4.78 is 1.63. The van der Waals surface area contributed by atoms with Gasteiger partial charge in [0, 0.05) is 25.7 Å². The highest BCUT2D eigenvalue weighted by atomic mass is 35.5. The van der Waals surface area contributed by atoms with E-state index in [4.69, 9.17) is 16.7 Å². The van der Waals surface area contributed by atoms with Crippen molar-refractivity contribution in [1.29, 1.82) is 0 Å². The summed E-state index contributed by atoms with van der Waals surface area (Å²) >= 11 is 5.77. The topological polar surface area (TPSA) is 71.3 Å². The largest absolute Gasteiger partial charge is 0.481 e. The lowest BCUT2D eigenvalue weighted by Crippen LogP contribution is -2.33. The van der Waals surface area contributed by atoms with Crippen molar-refractivity contribution in [3.8, 4) is 0 Å². The van der Waals surface area contributed by atoms with Gasteiger partial charge < -0.3 is 15.0 Å². The first kappa shape index (κ1) is 13.6. The number of amides is 1. The Balaban J connectivity index is 2.54. The molecule has 1 amide bonds. The lowest BCUT2D eigenvalue weighted by molar-refractivity contribution is -0.137. The van der Waals surface area contributed by atoms with Crippen LogP contribution >= 0.6 is 11.6 Å². The maximum absolute atomic E-state index is 11.8. The molecule has 1 aromatic rings. The molecule has 2 N–H and O–H groups in total. The monoisotopic (exact) mass is 258 g/mol. The van der Waals surface area contributed by atoms with E-state index in [-0.39, 0.29) is 18.4 Å². The zero-order chi connectivity index (χ0) is 13.0. The van der Waals surface area contributed by atoms with Crippen molar-refractivity contribution in [3.63, 3.8) is 0 Å². The van der Waals surface area contributed by atoms with Gasteiger partial charge in [0.1, 0.15) is 5.69 Å². The fraction of sp³-hybridized carbons (Fsp3) is 0.455. The van der Waals surface area contributed by atoms with E-state index in [9.17, 15) is 9.59 Å². The van der Waals surface area contributed by atoms with Gasteiger partial charge in [0.15, 0.2) is 0 Å². The normalized spacial score (nSPS) is 12.2. The first-order chi connectivity index (χ1) is 7.90. The number of nitrogens with zero attached hydrogens (tertiary/aromatic N) is 1. The molecule has 94 valence electrons. The van der Waals surface area contributed by atoms with Crippen LogP contribution in [0.1, 0.15) is 30.3 Å². The maximum atomic E-state index is 11.8. The van der Waals surface area contributed by atoms with Crippen LogP contribution in [0.5, 0.6) is 0 Å². The molecule has 1 heterocycles. The number of carbonyl (C=O) groups is 2. The van der Waals surface area contributed by atoms with Crippen LogP contribution in [-0.4, -0.2) is 27.6 Å². The Morgan fingerprint density at radius 2 is 2.24 bits per heavy atom. The van der Waals surface area contributed by atoms with Gasteiger partial charge >= 0.3 is 5.97 Å². The Morgan fingerprint density at radius 3 is 2.71 bits per heavy atom. The number of aryl methyl sites for hydroxylation is 1. The van der Waals surface area contributed by atoms with E-state index in [1.807, 2.05) is 0 Å². The van der Waals surface area contributed by atoms with Gasteiger partial charge in [-0.3, -0.25) is 9.59 Å². The molecule has 1 atom stereocenters. The molecule has 0 radical (unpaired) electrons. The molecule has 1 unspecified atom stereocenters. The van der Waals surface area contributed by atoms with Crippen molar-refractivity contribution >= 4 is 23.5 Å². The SMILES string of the molecule is CC(CCC(=O)O)NC(=O)c1cc(Cl)cn1C. The quantitative estimate of drug-likeness (QED) is 0.844. The highest BCUT2D eigenvalue weighted by Gasteiger charge is 2.14. The number of hydrogen-bond acceptors (Lipinski definition) is 2. The molecule has 6 heteroatoms. The van der Waals surface area contributed by atoms with Crippen molar-refractivity contribution in [2.24, 2.45) is 7.05 Å². The number of nitrogens with one attached hydrogen (secondary N) is 1. The van der Waals surface area contributed by atoms with Gasteiger partial charge in [-0.15, -0.1) is 0 Å². The summed E-state index contributed by atoms with van der Waals surface area (Å²) in [5, 5.41) is 11.7. The minimum Gasteiger partial charge on any atom is -0.481 e. The van der Waals surface area contributed by atoms with E-state index in [1.54, 1.807) is 30.8 Å². The minimum absolute atomic E-state index is 0.0370. The first-order valence-electron chi connectivity index (χ1n) is 5.24. The lowest BCUT2D eigenvalue weighted by atomic mass is 10.2. The highest BCUT2D eigenvalue weighted by Crippen LogP contribution is 2.12. The summed E-state index contributed by atoms with van der Waals surface area (Å²) in [6.07, 6.45) is 2.08. The summed E-state index contributed by atoms with van der Waals surface area (Å²) in [4.78, 5) is 22.2. The van der Waals surface area contributed by atoms with E-state index in [0.29, 0.717) is 17.1 Å². The van der Waals surface area contributed by atoms with Crippen molar-refractivity contribution in [2.75, 3.05) is 0 Å². The Kier molecular flexibility index (Phi) is 4.57. The minimum atomic E-state index is -0.868. The van der Waals surface area contributed by atoms with Gasteiger partial charge in [0.05, 0.1) is 5.02 Å². The Hall–Kier alpha value is -1.49. The van der Waals surface area contributed by atoms with Gasteiger partial charge in [0.25, 0.3) is 5.91 Å². The molecule has 0 bridgehead atoms. The van der Waals surface area contributed by atoms with Gasteiger partial charge in [-0.25, -0.2) is 0 Å². The molecular weight excluding hydrogens is 244 g/mol. The fourth-order valence-corrected chi connectivity index (χ4v) is 1.71. The third-order valence-electron chi connectivity index (χ3n) is 2.37. The molecule has 0 aliphatic rings.